The number of halogens is 3. The summed E-state index contributed by atoms with van der Waals surface area (Å²) in [4.78, 5) is 3.88. The lowest BCUT2D eigenvalue weighted by Crippen LogP contribution is -2.13. The molecule has 1 heterocycles. The third-order valence-electron chi connectivity index (χ3n) is 2.14. The van der Waals surface area contributed by atoms with E-state index in [0.717, 1.165) is 11.3 Å². The lowest BCUT2D eigenvalue weighted by atomic mass is 10.3. The number of sulfonamides is 1. The number of anilines is 1. The minimum absolute atomic E-state index is 0.0774. The lowest BCUT2D eigenvalue weighted by molar-refractivity contribution is 0.602. The number of hydrogen-bond acceptors (Lipinski definition) is 4. The Bertz CT molecular complexity index is 731. The largest absolute Gasteiger partial charge is 0.277 e. The van der Waals surface area contributed by atoms with Crippen LogP contribution in [0.25, 0.3) is 0 Å². The molecule has 0 saturated carbocycles. The number of nitrogens with zero attached hydrogens (tertiary/aromatic N) is 1. The molecule has 2 aromatic rings. The number of thiazole rings is 1. The second-order valence-corrected chi connectivity index (χ2v) is 8.35. The maximum Gasteiger partial charge on any atom is 0.273 e. The first-order chi connectivity index (χ1) is 8.79. The van der Waals surface area contributed by atoms with E-state index in [-0.39, 0.29) is 8.68 Å². The summed E-state index contributed by atoms with van der Waals surface area (Å²) in [5.41, 5.74) is 0.647. The Balaban J connectivity index is 2.42. The van der Waals surface area contributed by atoms with Gasteiger partial charge in [-0.2, -0.15) is 0 Å². The van der Waals surface area contributed by atoms with Crippen molar-refractivity contribution in [2.75, 3.05) is 4.72 Å². The van der Waals surface area contributed by atoms with Gasteiger partial charge in [0.1, 0.15) is 0 Å². The highest BCUT2D eigenvalue weighted by molar-refractivity contribution is 9.10. The van der Waals surface area contributed by atoms with Crippen molar-refractivity contribution in [3.05, 3.63) is 37.9 Å². The standard InChI is InChI=1S/C10H7BrCl2N2O2S2/c1-5-9(18-10(13)14-5)19(16,17)15-8-4-6(11)2-3-7(8)12/h2-4,15H,1H3. The van der Waals surface area contributed by atoms with Gasteiger partial charge >= 0.3 is 0 Å². The van der Waals surface area contributed by atoms with E-state index < -0.39 is 10.0 Å². The fraction of sp³-hybridized carbons (Fsp3) is 0.100. The van der Waals surface area contributed by atoms with E-state index in [2.05, 4.69) is 25.6 Å². The monoisotopic (exact) mass is 400 g/mol. The zero-order valence-corrected chi connectivity index (χ0v) is 14.2. The number of aryl methyl sites for hydroxylation is 1. The molecule has 0 fully saturated rings. The van der Waals surface area contributed by atoms with E-state index in [9.17, 15) is 8.42 Å². The molecule has 0 amide bonds. The minimum Gasteiger partial charge on any atom is -0.277 e. The third-order valence-corrected chi connectivity index (χ3v) is 6.20. The fourth-order valence-electron chi connectivity index (χ4n) is 1.37. The van der Waals surface area contributed by atoms with E-state index in [4.69, 9.17) is 23.2 Å². The summed E-state index contributed by atoms with van der Waals surface area (Å²) in [6.45, 7) is 1.58. The highest BCUT2D eigenvalue weighted by Gasteiger charge is 2.22. The van der Waals surface area contributed by atoms with Crippen molar-refractivity contribution < 1.29 is 8.42 Å². The normalized spacial score (nSPS) is 11.6. The Morgan fingerprint density at radius 3 is 2.63 bits per heavy atom. The fourth-order valence-corrected chi connectivity index (χ4v) is 4.76. The zero-order chi connectivity index (χ0) is 14.2. The summed E-state index contributed by atoms with van der Waals surface area (Å²) >= 11 is 15.8. The van der Waals surface area contributed by atoms with E-state index in [1.807, 2.05) is 0 Å². The van der Waals surface area contributed by atoms with Crippen LogP contribution < -0.4 is 4.72 Å². The topological polar surface area (TPSA) is 59.1 Å². The molecule has 0 radical (unpaired) electrons. The molecular formula is C10H7BrCl2N2O2S2. The molecule has 9 heteroatoms. The average Bonchev–Trinajstić information content (AvgIpc) is 2.63. The van der Waals surface area contributed by atoms with Crippen LogP contribution in [0.4, 0.5) is 5.69 Å². The van der Waals surface area contributed by atoms with Crippen molar-refractivity contribution in [3.63, 3.8) is 0 Å². The van der Waals surface area contributed by atoms with Gasteiger partial charge in [0.15, 0.2) is 8.68 Å². The first kappa shape index (κ1) is 15.1. The summed E-state index contributed by atoms with van der Waals surface area (Å²) in [6, 6.07) is 4.89. The van der Waals surface area contributed by atoms with Crippen molar-refractivity contribution in [2.24, 2.45) is 0 Å². The molecule has 0 unspecified atom stereocenters. The van der Waals surface area contributed by atoms with Crippen LogP contribution in [0.3, 0.4) is 0 Å². The van der Waals surface area contributed by atoms with Crippen LogP contribution >= 0.6 is 50.5 Å². The van der Waals surface area contributed by atoms with Gasteiger partial charge in [-0.3, -0.25) is 4.72 Å². The van der Waals surface area contributed by atoms with Crippen LogP contribution in [0.15, 0.2) is 26.9 Å². The highest BCUT2D eigenvalue weighted by Crippen LogP contribution is 2.31. The number of hydrogen-bond donors (Lipinski definition) is 1. The molecule has 0 atom stereocenters. The van der Waals surface area contributed by atoms with Gasteiger partial charge in [0.2, 0.25) is 0 Å². The molecule has 102 valence electrons. The molecule has 0 aliphatic rings. The van der Waals surface area contributed by atoms with Gasteiger partial charge < -0.3 is 0 Å². The van der Waals surface area contributed by atoms with Gasteiger partial charge in [-0.05, 0) is 25.1 Å². The molecule has 0 bridgehead atoms. The van der Waals surface area contributed by atoms with E-state index in [1.54, 1.807) is 25.1 Å². The predicted octanol–water partition coefficient (Wildman–Crippen LogP) is 4.32. The Hall–Kier alpha value is -0.340. The van der Waals surface area contributed by atoms with Crippen molar-refractivity contribution in [1.82, 2.24) is 4.98 Å². The molecule has 2 rings (SSSR count). The molecule has 0 aliphatic heterocycles. The number of rotatable bonds is 3. The van der Waals surface area contributed by atoms with Gasteiger partial charge in [0, 0.05) is 4.47 Å². The third kappa shape index (κ3) is 3.41. The Morgan fingerprint density at radius 2 is 2.05 bits per heavy atom. The summed E-state index contributed by atoms with van der Waals surface area (Å²) in [5.74, 6) is 0. The van der Waals surface area contributed by atoms with Gasteiger partial charge in [0.25, 0.3) is 10.0 Å². The number of benzene rings is 1. The maximum absolute atomic E-state index is 12.2. The van der Waals surface area contributed by atoms with Gasteiger partial charge in [-0.15, -0.1) is 0 Å². The molecule has 1 aromatic carbocycles. The van der Waals surface area contributed by atoms with E-state index in [1.165, 1.54) is 0 Å². The predicted molar refractivity (Wildman–Crippen MR) is 81.8 cm³/mol. The molecule has 0 spiro atoms. The van der Waals surface area contributed by atoms with Crippen LogP contribution in [0.5, 0.6) is 0 Å². The second kappa shape index (κ2) is 5.57. The van der Waals surface area contributed by atoms with Crippen LogP contribution in [0.1, 0.15) is 5.69 Å². The molecule has 0 saturated heterocycles. The molecule has 4 nitrogen and oxygen atoms in total. The molecule has 1 aromatic heterocycles. The molecule has 1 N–H and O–H groups in total. The van der Waals surface area contributed by atoms with Crippen LogP contribution in [-0.4, -0.2) is 13.4 Å². The van der Waals surface area contributed by atoms with E-state index >= 15 is 0 Å². The van der Waals surface area contributed by atoms with Crippen molar-refractivity contribution >= 4 is 66.2 Å². The molecule has 19 heavy (non-hydrogen) atoms. The first-order valence-electron chi connectivity index (χ1n) is 4.90. The van der Waals surface area contributed by atoms with Crippen LogP contribution in [0.2, 0.25) is 9.49 Å². The smallest absolute Gasteiger partial charge is 0.273 e. The molecular weight excluding hydrogens is 395 g/mol. The van der Waals surface area contributed by atoms with Gasteiger partial charge in [-0.25, -0.2) is 13.4 Å². The number of aromatic nitrogens is 1. The average molecular weight is 402 g/mol. The highest BCUT2D eigenvalue weighted by atomic mass is 79.9. The minimum atomic E-state index is -3.75. The maximum atomic E-state index is 12.2. The zero-order valence-electron chi connectivity index (χ0n) is 9.45. The van der Waals surface area contributed by atoms with Crippen LogP contribution in [-0.2, 0) is 10.0 Å². The van der Waals surface area contributed by atoms with Crippen molar-refractivity contribution in [3.8, 4) is 0 Å². The summed E-state index contributed by atoms with van der Waals surface area (Å²) in [6.07, 6.45) is 0. The second-order valence-electron chi connectivity index (χ2n) is 3.57. The number of nitrogens with one attached hydrogen (secondary N) is 1. The van der Waals surface area contributed by atoms with Crippen molar-refractivity contribution in [2.45, 2.75) is 11.1 Å². The van der Waals surface area contributed by atoms with E-state index in [0.29, 0.717) is 20.9 Å². The first-order valence-corrected chi connectivity index (χ1v) is 8.75. The van der Waals surface area contributed by atoms with Crippen LogP contribution in [0, 0.1) is 6.92 Å². The Labute approximate surface area is 132 Å². The summed E-state index contributed by atoms with van der Waals surface area (Å²) < 4.78 is 27.8. The summed E-state index contributed by atoms with van der Waals surface area (Å²) in [7, 11) is -3.75. The quantitative estimate of drug-likeness (QED) is 0.832. The summed E-state index contributed by atoms with van der Waals surface area (Å²) in [5, 5.41) is 0.306. The van der Waals surface area contributed by atoms with Gasteiger partial charge in [0.05, 0.1) is 16.4 Å². The molecule has 0 aliphatic carbocycles. The van der Waals surface area contributed by atoms with Gasteiger partial charge in [-0.1, -0.05) is 50.5 Å². The lowest BCUT2D eigenvalue weighted by Gasteiger charge is -2.08. The Kier molecular flexibility index (Phi) is 4.42. The SMILES string of the molecule is Cc1nc(Cl)sc1S(=O)(=O)Nc1cc(Br)ccc1Cl. The Morgan fingerprint density at radius 1 is 1.37 bits per heavy atom. The van der Waals surface area contributed by atoms with Crippen molar-refractivity contribution in [1.29, 1.82) is 0 Å².